The Morgan fingerprint density at radius 2 is 1.50 bits per heavy atom. The molecule has 0 spiro atoms. The Kier molecular flexibility index (Phi) is 8.24. The summed E-state index contributed by atoms with van der Waals surface area (Å²) in [7, 11) is -1.83. The van der Waals surface area contributed by atoms with Crippen molar-refractivity contribution >= 4 is 26.0 Å². The summed E-state index contributed by atoms with van der Waals surface area (Å²) < 4.78 is 63.1. The van der Waals surface area contributed by atoms with E-state index in [0.717, 1.165) is 4.31 Å². The standard InChI is InChI=1S/C20H27N3O7S2/c1-14(22-31(25,26)17-10-11-18(29-4)19(12-17)30-5)20(24)21-13-15-6-8-16(9-7-15)32(27,28)23(2)3/h6-12,14,22H,13H2,1-5H3,(H,21,24). The maximum absolute atomic E-state index is 12.6. The van der Waals surface area contributed by atoms with Crippen LogP contribution in [-0.2, 0) is 31.4 Å². The third-order valence-electron chi connectivity index (χ3n) is 4.56. The van der Waals surface area contributed by atoms with Crippen molar-refractivity contribution in [1.29, 1.82) is 0 Å². The first-order valence-electron chi connectivity index (χ1n) is 9.46. The molecule has 32 heavy (non-hydrogen) atoms. The number of ether oxygens (including phenoxy) is 2. The molecule has 0 radical (unpaired) electrons. The minimum atomic E-state index is -3.99. The third-order valence-corrected chi connectivity index (χ3v) is 7.93. The molecular weight excluding hydrogens is 458 g/mol. The van der Waals surface area contributed by atoms with Gasteiger partial charge in [0, 0.05) is 26.7 Å². The second-order valence-corrected chi connectivity index (χ2v) is 10.9. The van der Waals surface area contributed by atoms with Gasteiger partial charge in [-0.2, -0.15) is 4.72 Å². The van der Waals surface area contributed by atoms with Crippen molar-refractivity contribution in [2.75, 3.05) is 28.3 Å². The molecule has 0 aliphatic carbocycles. The smallest absolute Gasteiger partial charge is 0.242 e. The number of methoxy groups -OCH3 is 2. The Labute approximate surface area is 188 Å². The molecule has 0 aliphatic heterocycles. The highest BCUT2D eigenvalue weighted by Gasteiger charge is 2.23. The van der Waals surface area contributed by atoms with E-state index in [0.29, 0.717) is 11.3 Å². The zero-order valence-electron chi connectivity index (χ0n) is 18.4. The summed E-state index contributed by atoms with van der Waals surface area (Å²) >= 11 is 0. The van der Waals surface area contributed by atoms with E-state index in [1.54, 1.807) is 12.1 Å². The fraction of sp³-hybridized carbons (Fsp3) is 0.350. The summed E-state index contributed by atoms with van der Waals surface area (Å²) in [6.07, 6.45) is 0. The van der Waals surface area contributed by atoms with Crippen molar-refractivity contribution < 1.29 is 31.1 Å². The summed E-state index contributed by atoms with van der Waals surface area (Å²) in [5.74, 6) is 0.0768. The summed E-state index contributed by atoms with van der Waals surface area (Å²) in [5, 5.41) is 2.62. The van der Waals surface area contributed by atoms with E-state index in [9.17, 15) is 21.6 Å². The summed E-state index contributed by atoms with van der Waals surface area (Å²) in [6, 6.07) is 9.09. The normalized spacial score (nSPS) is 12.9. The molecule has 1 amide bonds. The zero-order chi connectivity index (χ0) is 24.1. The summed E-state index contributed by atoms with van der Waals surface area (Å²) in [4.78, 5) is 12.4. The van der Waals surface area contributed by atoms with Gasteiger partial charge in [0.2, 0.25) is 26.0 Å². The fourth-order valence-electron chi connectivity index (χ4n) is 2.67. The van der Waals surface area contributed by atoms with Gasteiger partial charge in [0.15, 0.2) is 11.5 Å². The lowest BCUT2D eigenvalue weighted by Crippen LogP contribution is -2.44. The molecule has 2 rings (SSSR count). The van der Waals surface area contributed by atoms with Crippen LogP contribution in [0.1, 0.15) is 12.5 Å². The predicted octanol–water partition coefficient (Wildman–Crippen LogP) is 0.937. The lowest BCUT2D eigenvalue weighted by Gasteiger charge is -2.16. The Morgan fingerprint density at radius 3 is 2.03 bits per heavy atom. The predicted molar refractivity (Wildman–Crippen MR) is 118 cm³/mol. The van der Waals surface area contributed by atoms with Crippen molar-refractivity contribution in [3.05, 3.63) is 48.0 Å². The van der Waals surface area contributed by atoms with E-state index < -0.39 is 32.0 Å². The van der Waals surface area contributed by atoms with Gasteiger partial charge in [0.1, 0.15) is 0 Å². The van der Waals surface area contributed by atoms with Crippen LogP contribution in [0.3, 0.4) is 0 Å². The molecular formula is C20H27N3O7S2. The number of hydrogen-bond donors (Lipinski definition) is 2. The minimum absolute atomic E-state index is 0.0764. The largest absolute Gasteiger partial charge is 0.493 e. The van der Waals surface area contributed by atoms with Crippen LogP contribution in [-0.4, -0.2) is 61.4 Å². The van der Waals surface area contributed by atoms with Gasteiger partial charge in [-0.05, 0) is 36.8 Å². The number of hydrogen-bond acceptors (Lipinski definition) is 7. The quantitative estimate of drug-likeness (QED) is 0.512. The van der Waals surface area contributed by atoms with Gasteiger partial charge in [0.05, 0.1) is 30.1 Å². The molecule has 2 N–H and O–H groups in total. The molecule has 0 saturated carbocycles. The van der Waals surface area contributed by atoms with Gasteiger partial charge in [0.25, 0.3) is 0 Å². The molecule has 0 fully saturated rings. The number of carbonyl (C=O) groups excluding carboxylic acids is 1. The lowest BCUT2D eigenvalue weighted by molar-refractivity contribution is -0.122. The van der Waals surface area contributed by atoms with E-state index in [1.807, 2.05) is 0 Å². The number of nitrogens with zero attached hydrogens (tertiary/aromatic N) is 1. The highest BCUT2D eigenvalue weighted by molar-refractivity contribution is 7.89. The van der Waals surface area contributed by atoms with Crippen molar-refractivity contribution in [2.24, 2.45) is 0 Å². The number of amides is 1. The van der Waals surface area contributed by atoms with Crippen LogP contribution in [0.2, 0.25) is 0 Å². The van der Waals surface area contributed by atoms with Crippen LogP contribution < -0.4 is 19.5 Å². The fourth-order valence-corrected chi connectivity index (χ4v) is 4.79. The minimum Gasteiger partial charge on any atom is -0.493 e. The summed E-state index contributed by atoms with van der Waals surface area (Å²) in [5.41, 5.74) is 0.658. The lowest BCUT2D eigenvalue weighted by atomic mass is 10.2. The first-order chi connectivity index (χ1) is 14.9. The number of rotatable bonds is 10. The molecule has 10 nitrogen and oxygen atoms in total. The maximum atomic E-state index is 12.6. The highest BCUT2D eigenvalue weighted by atomic mass is 32.2. The molecule has 2 aromatic carbocycles. The van der Waals surface area contributed by atoms with Gasteiger partial charge in [-0.1, -0.05) is 12.1 Å². The Balaban J connectivity index is 2.02. The molecule has 1 unspecified atom stereocenters. The first kappa shape index (κ1) is 25.6. The van der Waals surface area contributed by atoms with E-state index >= 15 is 0 Å². The van der Waals surface area contributed by atoms with E-state index in [2.05, 4.69) is 10.0 Å². The second kappa shape index (κ2) is 10.3. The topological polar surface area (TPSA) is 131 Å². The molecule has 176 valence electrons. The van der Waals surface area contributed by atoms with E-state index in [1.165, 1.54) is 65.6 Å². The molecule has 1 atom stereocenters. The molecule has 0 saturated heterocycles. The Morgan fingerprint density at radius 1 is 0.938 bits per heavy atom. The number of carbonyl (C=O) groups is 1. The average molecular weight is 486 g/mol. The van der Waals surface area contributed by atoms with Crippen LogP contribution in [0.25, 0.3) is 0 Å². The first-order valence-corrected chi connectivity index (χ1v) is 12.4. The SMILES string of the molecule is COc1ccc(S(=O)(=O)NC(C)C(=O)NCc2ccc(S(=O)(=O)N(C)C)cc2)cc1OC. The highest BCUT2D eigenvalue weighted by Crippen LogP contribution is 2.29. The molecule has 0 heterocycles. The number of sulfonamides is 2. The average Bonchev–Trinajstić information content (AvgIpc) is 2.76. The third kappa shape index (κ3) is 5.97. The molecule has 12 heteroatoms. The number of benzene rings is 2. The van der Waals surface area contributed by atoms with Crippen LogP contribution in [0.4, 0.5) is 0 Å². The van der Waals surface area contributed by atoms with Crippen LogP contribution in [0, 0.1) is 0 Å². The monoisotopic (exact) mass is 485 g/mol. The van der Waals surface area contributed by atoms with Gasteiger partial charge < -0.3 is 14.8 Å². The van der Waals surface area contributed by atoms with E-state index in [4.69, 9.17) is 9.47 Å². The molecule has 0 aliphatic rings. The zero-order valence-corrected chi connectivity index (χ0v) is 20.1. The molecule has 0 aromatic heterocycles. The van der Waals surface area contributed by atoms with Crippen molar-refractivity contribution in [3.8, 4) is 11.5 Å². The second-order valence-electron chi connectivity index (χ2n) is 7.01. The van der Waals surface area contributed by atoms with Crippen molar-refractivity contribution in [2.45, 2.75) is 29.3 Å². The van der Waals surface area contributed by atoms with Gasteiger partial charge in [-0.15, -0.1) is 0 Å². The van der Waals surface area contributed by atoms with Gasteiger partial charge in [-0.3, -0.25) is 4.79 Å². The molecule has 2 aromatic rings. The van der Waals surface area contributed by atoms with Crippen molar-refractivity contribution in [1.82, 2.24) is 14.3 Å². The van der Waals surface area contributed by atoms with E-state index in [-0.39, 0.29) is 22.1 Å². The Bertz CT molecular complexity index is 1160. The number of nitrogens with one attached hydrogen (secondary N) is 2. The van der Waals surface area contributed by atoms with Crippen LogP contribution >= 0.6 is 0 Å². The summed E-state index contributed by atoms with van der Waals surface area (Å²) in [6.45, 7) is 1.52. The van der Waals surface area contributed by atoms with Gasteiger partial charge >= 0.3 is 0 Å². The molecule has 0 bridgehead atoms. The van der Waals surface area contributed by atoms with Crippen molar-refractivity contribution in [3.63, 3.8) is 0 Å². The van der Waals surface area contributed by atoms with Crippen LogP contribution in [0.5, 0.6) is 11.5 Å². The maximum Gasteiger partial charge on any atom is 0.242 e. The van der Waals surface area contributed by atoms with Gasteiger partial charge in [-0.25, -0.2) is 21.1 Å². The Hall–Kier alpha value is -2.67. The van der Waals surface area contributed by atoms with Crippen LogP contribution in [0.15, 0.2) is 52.3 Å².